The lowest BCUT2D eigenvalue weighted by atomic mass is 10.0. The molecule has 142 valence electrons. The van der Waals surface area contributed by atoms with Crippen molar-refractivity contribution in [1.82, 2.24) is 14.9 Å². The number of likely N-dealkylation sites (tertiary alicyclic amines) is 1. The Morgan fingerprint density at radius 3 is 2.56 bits per heavy atom. The summed E-state index contributed by atoms with van der Waals surface area (Å²) in [6, 6.07) is 11.8. The Balaban J connectivity index is 1.40. The van der Waals surface area contributed by atoms with Crippen LogP contribution in [0.1, 0.15) is 41.9 Å². The number of benzene rings is 1. The molecule has 0 bridgehead atoms. The zero-order valence-corrected chi connectivity index (χ0v) is 15.4. The van der Waals surface area contributed by atoms with E-state index in [-0.39, 0.29) is 11.9 Å². The van der Waals surface area contributed by atoms with Gasteiger partial charge in [0.25, 0.3) is 5.91 Å². The fourth-order valence-electron chi connectivity index (χ4n) is 3.56. The highest BCUT2D eigenvalue weighted by atomic mass is 16.7. The van der Waals surface area contributed by atoms with Gasteiger partial charge in [0.05, 0.1) is 19.3 Å². The summed E-state index contributed by atoms with van der Waals surface area (Å²) in [6.45, 7) is 4.51. The standard InChI is InChI=1S/C20H24N4O3/c1-15(16-5-3-2-4-6-16)22-19-21-10-7-17(23-19)18(25)24-11-8-20(9-12-24)26-13-14-27-20/h2-7,10,15H,8-9,11-14H2,1H3,(H,21,22,23). The Kier molecular flexibility index (Phi) is 5.05. The molecular formula is C20H24N4O3. The van der Waals surface area contributed by atoms with Gasteiger partial charge in [-0.3, -0.25) is 4.79 Å². The summed E-state index contributed by atoms with van der Waals surface area (Å²) in [5.74, 6) is -0.117. The maximum Gasteiger partial charge on any atom is 0.272 e. The topological polar surface area (TPSA) is 76.6 Å². The lowest BCUT2D eigenvalue weighted by molar-refractivity contribution is -0.181. The van der Waals surface area contributed by atoms with E-state index in [1.165, 1.54) is 0 Å². The molecule has 2 fully saturated rings. The normalized spacial score (nSPS) is 19.8. The van der Waals surface area contributed by atoms with E-state index >= 15 is 0 Å². The second-order valence-corrected chi connectivity index (χ2v) is 6.94. The number of anilines is 1. The molecule has 27 heavy (non-hydrogen) atoms. The lowest BCUT2D eigenvalue weighted by Gasteiger charge is -2.37. The van der Waals surface area contributed by atoms with Crippen molar-refractivity contribution in [3.05, 3.63) is 53.9 Å². The highest BCUT2D eigenvalue weighted by molar-refractivity contribution is 5.92. The number of hydrogen-bond acceptors (Lipinski definition) is 6. The largest absolute Gasteiger partial charge is 0.348 e. The Hall–Kier alpha value is -2.51. The van der Waals surface area contributed by atoms with Crippen LogP contribution in [0.4, 0.5) is 5.95 Å². The molecule has 2 aromatic rings. The molecule has 1 spiro atoms. The van der Waals surface area contributed by atoms with Crippen molar-refractivity contribution in [3.8, 4) is 0 Å². The van der Waals surface area contributed by atoms with Gasteiger partial charge in [-0.15, -0.1) is 0 Å². The summed E-state index contributed by atoms with van der Waals surface area (Å²) in [5, 5.41) is 3.26. The average molecular weight is 368 g/mol. The predicted octanol–water partition coefficient (Wildman–Crippen LogP) is 2.63. The SMILES string of the molecule is CC(Nc1nccc(C(=O)N2CCC3(CC2)OCCO3)n1)c1ccccc1. The zero-order chi connectivity index (χ0) is 18.7. The third-order valence-corrected chi connectivity index (χ3v) is 5.15. The van der Waals surface area contributed by atoms with Crippen LogP contribution in [0, 0.1) is 0 Å². The molecule has 3 heterocycles. The third-order valence-electron chi connectivity index (χ3n) is 5.15. The fourth-order valence-corrected chi connectivity index (χ4v) is 3.56. The number of rotatable bonds is 4. The second kappa shape index (κ2) is 7.62. The summed E-state index contributed by atoms with van der Waals surface area (Å²) >= 11 is 0. The monoisotopic (exact) mass is 368 g/mol. The Labute approximate surface area is 158 Å². The van der Waals surface area contributed by atoms with Crippen molar-refractivity contribution in [2.24, 2.45) is 0 Å². The summed E-state index contributed by atoms with van der Waals surface area (Å²) in [6.07, 6.45) is 3.01. The summed E-state index contributed by atoms with van der Waals surface area (Å²) in [7, 11) is 0. The van der Waals surface area contributed by atoms with Crippen molar-refractivity contribution >= 4 is 11.9 Å². The van der Waals surface area contributed by atoms with Crippen LogP contribution < -0.4 is 5.32 Å². The molecule has 0 saturated carbocycles. The van der Waals surface area contributed by atoms with E-state index in [4.69, 9.17) is 9.47 Å². The molecule has 0 aliphatic carbocycles. The first-order valence-corrected chi connectivity index (χ1v) is 9.37. The zero-order valence-electron chi connectivity index (χ0n) is 15.4. The molecule has 2 aliphatic heterocycles. The number of ether oxygens (including phenoxy) is 2. The highest BCUT2D eigenvalue weighted by Gasteiger charge is 2.41. The van der Waals surface area contributed by atoms with Crippen molar-refractivity contribution in [3.63, 3.8) is 0 Å². The molecule has 1 unspecified atom stereocenters. The molecule has 1 atom stereocenters. The summed E-state index contributed by atoms with van der Waals surface area (Å²) in [5.41, 5.74) is 1.53. The number of hydrogen-bond donors (Lipinski definition) is 1. The predicted molar refractivity (Wildman–Crippen MR) is 100 cm³/mol. The third kappa shape index (κ3) is 3.94. The van der Waals surface area contributed by atoms with Crippen molar-refractivity contribution in [2.45, 2.75) is 31.6 Å². The van der Waals surface area contributed by atoms with E-state index in [9.17, 15) is 4.79 Å². The maximum atomic E-state index is 12.8. The fraction of sp³-hybridized carbons (Fsp3) is 0.450. The minimum absolute atomic E-state index is 0.0445. The molecule has 1 aromatic carbocycles. The number of nitrogens with one attached hydrogen (secondary N) is 1. The minimum atomic E-state index is -0.486. The molecule has 1 aromatic heterocycles. The van der Waals surface area contributed by atoms with Crippen LogP contribution in [-0.4, -0.2) is 52.9 Å². The Morgan fingerprint density at radius 1 is 1.15 bits per heavy atom. The molecule has 4 rings (SSSR count). The van der Waals surface area contributed by atoms with Gasteiger partial charge in [0.1, 0.15) is 5.69 Å². The Morgan fingerprint density at radius 2 is 1.85 bits per heavy atom. The number of nitrogens with zero attached hydrogens (tertiary/aromatic N) is 3. The molecular weight excluding hydrogens is 344 g/mol. The number of amides is 1. The van der Waals surface area contributed by atoms with Crippen molar-refractivity contribution < 1.29 is 14.3 Å². The van der Waals surface area contributed by atoms with Gasteiger partial charge in [-0.2, -0.15) is 0 Å². The first kappa shape index (κ1) is 17.9. The first-order chi connectivity index (χ1) is 13.2. The average Bonchev–Trinajstić information content (AvgIpc) is 3.17. The van der Waals surface area contributed by atoms with E-state index in [1.807, 2.05) is 42.2 Å². The van der Waals surface area contributed by atoms with Crippen LogP contribution in [0.2, 0.25) is 0 Å². The highest BCUT2D eigenvalue weighted by Crippen LogP contribution is 2.31. The summed E-state index contributed by atoms with van der Waals surface area (Å²) in [4.78, 5) is 23.3. The smallest absolute Gasteiger partial charge is 0.272 e. The van der Waals surface area contributed by atoms with E-state index < -0.39 is 5.79 Å². The number of carbonyl (C=O) groups excluding carboxylic acids is 1. The van der Waals surface area contributed by atoms with E-state index in [2.05, 4.69) is 15.3 Å². The van der Waals surface area contributed by atoms with Gasteiger partial charge in [0.2, 0.25) is 5.95 Å². The van der Waals surface area contributed by atoms with Crippen LogP contribution in [0.15, 0.2) is 42.6 Å². The quantitative estimate of drug-likeness (QED) is 0.894. The summed E-state index contributed by atoms with van der Waals surface area (Å²) < 4.78 is 11.4. The van der Waals surface area contributed by atoms with Crippen LogP contribution in [0.3, 0.4) is 0 Å². The van der Waals surface area contributed by atoms with Crippen LogP contribution in [0.25, 0.3) is 0 Å². The van der Waals surface area contributed by atoms with Gasteiger partial charge >= 0.3 is 0 Å². The van der Waals surface area contributed by atoms with Gasteiger partial charge in [0, 0.05) is 32.1 Å². The van der Waals surface area contributed by atoms with Crippen LogP contribution >= 0.6 is 0 Å². The van der Waals surface area contributed by atoms with Gasteiger partial charge in [-0.25, -0.2) is 9.97 Å². The molecule has 2 saturated heterocycles. The number of carbonyl (C=O) groups is 1. The van der Waals surface area contributed by atoms with E-state index in [1.54, 1.807) is 12.3 Å². The Bertz CT molecular complexity index is 783. The van der Waals surface area contributed by atoms with E-state index in [0.29, 0.717) is 50.8 Å². The van der Waals surface area contributed by atoms with Crippen molar-refractivity contribution in [1.29, 1.82) is 0 Å². The van der Waals surface area contributed by atoms with Gasteiger partial charge in [-0.05, 0) is 18.6 Å². The van der Waals surface area contributed by atoms with Gasteiger partial charge in [-0.1, -0.05) is 30.3 Å². The van der Waals surface area contributed by atoms with Crippen LogP contribution in [0.5, 0.6) is 0 Å². The van der Waals surface area contributed by atoms with Gasteiger partial charge in [0.15, 0.2) is 5.79 Å². The molecule has 1 N–H and O–H groups in total. The molecule has 2 aliphatic rings. The molecule has 0 radical (unpaired) electrons. The van der Waals surface area contributed by atoms with Crippen molar-refractivity contribution in [2.75, 3.05) is 31.6 Å². The number of piperidine rings is 1. The maximum absolute atomic E-state index is 12.8. The van der Waals surface area contributed by atoms with Gasteiger partial charge < -0.3 is 19.7 Å². The lowest BCUT2D eigenvalue weighted by Crippen LogP contribution is -2.47. The second-order valence-electron chi connectivity index (χ2n) is 6.94. The molecule has 7 heteroatoms. The molecule has 7 nitrogen and oxygen atoms in total. The first-order valence-electron chi connectivity index (χ1n) is 9.37. The molecule has 1 amide bonds. The number of aromatic nitrogens is 2. The minimum Gasteiger partial charge on any atom is -0.348 e. The van der Waals surface area contributed by atoms with Crippen LogP contribution in [-0.2, 0) is 9.47 Å². The van der Waals surface area contributed by atoms with E-state index in [0.717, 1.165) is 5.56 Å².